The highest BCUT2D eigenvalue weighted by Crippen LogP contribution is 2.36. The number of anilines is 3. The van der Waals surface area contributed by atoms with E-state index in [0.717, 1.165) is 18.4 Å². The van der Waals surface area contributed by atoms with E-state index in [-0.39, 0.29) is 33.8 Å². The molecule has 2 aromatic carbocycles. The van der Waals surface area contributed by atoms with E-state index >= 15 is 0 Å². The molecule has 0 unspecified atom stereocenters. The van der Waals surface area contributed by atoms with E-state index in [0.29, 0.717) is 48.8 Å². The van der Waals surface area contributed by atoms with Crippen LogP contribution >= 0.6 is 11.6 Å². The highest BCUT2D eigenvalue weighted by molar-refractivity contribution is 7.91. The number of carboxylic acids is 1. The second-order valence-electron chi connectivity index (χ2n) is 9.40. The third kappa shape index (κ3) is 5.55. The summed E-state index contributed by atoms with van der Waals surface area (Å²) >= 11 is 5.98. The molecule has 0 aliphatic carbocycles. The van der Waals surface area contributed by atoms with Gasteiger partial charge in [0.25, 0.3) is 0 Å². The highest BCUT2D eigenvalue weighted by Gasteiger charge is 2.32. The van der Waals surface area contributed by atoms with E-state index < -0.39 is 21.6 Å². The van der Waals surface area contributed by atoms with Gasteiger partial charge in [-0.1, -0.05) is 29.8 Å². The van der Waals surface area contributed by atoms with Gasteiger partial charge in [-0.15, -0.1) is 0 Å². The number of nitrogens with zero attached hydrogens (tertiary/aromatic N) is 3. The minimum absolute atomic E-state index is 0.0422. The molecule has 0 radical (unpaired) electrons. The van der Waals surface area contributed by atoms with Crippen molar-refractivity contribution in [1.29, 1.82) is 0 Å². The first-order valence-corrected chi connectivity index (χ1v) is 14.1. The number of piperidine rings is 1. The van der Waals surface area contributed by atoms with Gasteiger partial charge in [-0.05, 0) is 67.0 Å². The maximum Gasteiger partial charge on any atom is 0.307 e. The fourth-order valence-corrected chi connectivity index (χ4v) is 6.75. The molecule has 1 aromatic heterocycles. The first-order chi connectivity index (χ1) is 17.7. The van der Waals surface area contributed by atoms with E-state index in [1.807, 2.05) is 4.90 Å². The Morgan fingerprint density at radius 1 is 1.14 bits per heavy atom. The SMILES string of the molecule is O=C(O)Cc1ccc(Nc2nc(N3CCC(c4ccc(F)c(Cl)c4)CC3)nc3c2S(=O)(=O)CCC3)cc1. The Morgan fingerprint density at radius 2 is 1.86 bits per heavy atom. The first kappa shape index (κ1) is 25.4. The standard InChI is InChI=1S/C26H26ClFN4O4S/c27-20-15-18(5-8-21(20)28)17-9-11-32(12-10-17)26-30-22-2-1-13-37(35,36)24(22)25(31-26)29-19-6-3-16(4-7-19)14-23(33)34/h3-8,15,17H,1-2,9-14H2,(H,33,34)(H,29,30,31). The zero-order valence-electron chi connectivity index (χ0n) is 20.0. The van der Waals surface area contributed by atoms with Crippen molar-refractivity contribution in [3.8, 4) is 0 Å². The number of carbonyl (C=O) groups is 1. The zero-order valence-corrected chi connectivity index (χ0v) is 21.5. The smallest absolute Gasteiger partial charge is 0.307 e. The number of rotatable bonds is 6. The lowest BCUT2D eigenvalue weighted by Crippen LogP contribution is -2.35. The van der Waals surface area contributed by atoms with E-state index in [2.05, 4.69) is 15.3 Å². The van der Waals surface area contributed by atoms with Gasteiger partial charge in [-0.3, -0.25) is 4.79 Å². The van der Waals surface area contributed by atoms with Crippen molar-refractivity contribution in [3.05, 3.63) is 70.1 Å². The molecule has 3 heterocycles. The number of sulfone groups is 1. The largest absolute Gasteiger partial charge is 0.481 e. The van der Waals surface area contributed by atoms with Gasteiger partial charge in [0, 0.05) is 18.8 Å². The molecule has 8 nitrogen and oxygen atoms in total. The van der Waals surface area contributed by atoms with Gasteiger partial charge in [0.05, 0.1) is 22.9 Å². The van der Waals surface area contributed by atoms with Crippen molar-refractivity contribution in [2.75, 3.05) is 29.1 Å². The quantitative estimate of drug-likeness (QED) is 0.457. The predicted molar refractivity (Wildman–Crippen MR) is 139 cm³/mol. The Balaban J connectivity index is 1.41. The van der Waals surface area contributed by atoms with Gasteiger partial charge in [0.2, 0.25) is 5.95 Å². The Morgan fingerprint density at radius 3 is 2.54 bits per heavy atom. The summed E-state index contributed by atoms with van der Waals surface area (Å²) in [6.45, 7) is 1.32. The normalized spacial score (nSPS) is 17.3. The highest BCUT2D eigenvalue weighted by atomic mass is 35.5. The Labute approximate surface area is 219 Å². The molecular formula is C26H26ClFN4O4S. The molecule has 37 heavy (non-hydrogen) atoms. The van der Waals surface area contributed by atoms with Crippen LogP contribution in [-0.2, 0) is 27.5 Å². The number of hydrogen-bond donors (Lipinski definition) is 2. The van der Waals surface area contributed by atoms with Crippen molar-refractivity contribution in [1.82, 2.24) is 9.97 Å². The summed E-state index contributed by atoms with van der Waals surface area (Å²) in [6.07, 6.45) is 2.55. The lowest BCUT2D eigenvalue weighted by molar-refractivity contribution is -0.136. The van der Waals surface area contributed by atoms with Crippen molar-refractivity contribution in [2.24, 2.45) is 0 Å². The molecule has 1 saturated heterocycles. The molecule has 1 fully saturated rings. The molecule has 0 atom stereocenters. The third-order valence-corrected chi connectivity index (χ3v) is 8.99. The summed E-state index contributed by atoms with van der Waals surface area (Å²) in [6, 6.07) is 11.6. The number of aliphatic carboxylic acids is 1. The van der Waals surface area contributed by atoms with Crippen molar-refractivity contribution in [3.63, 3.8) is 0 Å². The van der Waals surface area contributed by atoms with Crippen LogP contribution in [0.4, 0.5) is 21.8 Å². The van der Waals surface area contributed by atoms with Crippen molar-refractivity contribution < 1.29 is 22.7 Å². The fraction of sp³-hybridized carbons (Fsp3) is 0.346. The minimum atomic E-state index is -3.54. The molecule has 3 aromatic rings. The average Bonchev–Trinajstić information content (AvgIpc) is 2.86. The van der Waals surface area contributed by atoms with E-state index in [1.165, 1.54) is 6.07 Å². The van der Waals surface area contributed by atoms with E-state index in [4.69, 9.17) is 16.7 Å². The lowest BCUT2D eigenvalue weighted by atomic mass is 9.89. The van der Waals surface area contributed by atoms with Gasteiger partial charge in [-0.2, -0.15) is 4.98 Å². The summed E-state index contributed by atoms with van der Waals surface area (Å²) in [7, 11) is -3.54. The second kappa shape index (κ2) is 10.3. The number of fused-ring (bicyclic) bond motifs is 1. The van der Waals surface area contributed by atoms with Gasteiger partial charge >= 0.3 is 5.97 Å². The van der Waals surface area contributed by atoms with E-state index in [9.17, 15) is 17.6 Å². The van der Waals surface area contributed by atoms with Crippen LogP contribution in [0.15, 0.2) is 47.4 Å². The Kier molecular flexibility index (Phi) is 7.04. The molecule has 0 amide bonds. The number of carboxylic acid groups (broad SMARTS) is 1. The van der Waals surface area contributed by atoms with Gasteiger partial charge in [-0.25, -0.2) is 17.8 Å². The summed E-state index contributed by atoms with van der Waals surface area (Å²) in [5.41, 5.74) is 2.75. The van der Waals surface area contributed by atoms with Gasteiger partial charge in [0.1, 0.15) is 10.7 Å². The van der Waals surface area contributed by atoms with Crippen LogP contribution in [-0.4, -0.2) is 48.3 Å². The zero-order chi connectivity index (χ0) is 26.2. The number of halogens is 2. The Bertz CT molecular complexity index is 1440. The molecule has 2 N–H and O–H groups in total. The van der Waals surface area contributed by atoms with Crippen LogP contribution in [0.5, 0.6) is 0 Å². The first-order valence-electron chi connectivity index (χ1n) is 12.1. The number of aromatic nitrogens is 2. The molecule has 2 aliphatic heterocycles. The predicted octanol–water partition coefficient (Wildman–Crippen LogP) is 4.74. The molecule has 5 rings (SSSR count). The van der Waals surface area contributed by atoms with Crippen LogP contribution < -0.4 is 10.2 Å². The number of aryl methyl sites for hydroxylation is 1. The summed E-state index contributed by atoms with van der Waals surface area (Å²) < 4.78 is 39.5. The minimum Gasteiger partial charge on any atom is -0.481 e. The number of hydrogen-bond acceptors (Lipinski definition) is 7. The summed E-state index contributed by atoms with van der Waals surface area (Å²) in [5.74, 6) is -0.381. The van der Waals surface area contributed by atoms with Gasteiger partial charge in [0.15, 0.2) is 15.7 Å². The topological polar surface area (TPSA) is 112 Å². The second-order valence-corrected chi connectivity index (χ2v) is 11.9. The van der Waals surface area contributed by atoms with Crippen LogP contribution in [0.2, 0.25) is 5.02 Å². The van der Waals surface area contributed by atoms with Crippen LogP contribution in [0.25, 0.3) is 0 Å². The van der Waals surface area contributed by atoms with Crippen LogP contribution in [0.1, 0.15) is 42.0 Å². The van der Waals surface area contributed by atoms with Crippen LogP contribution in [0.3, 0.4) is 0 Å². The molecule has 0 bridgehead atoms. The number of nitrogens with one attached hydrogen (secondary N) is 1. The lowest BCUT2D eigenvalue weighted by Gasteiger charge is -2.33. The fourth-order valence-electron chi connectivity index (χ4n) is 4.93. The molecule has 11 heteroatoms. The summed E-state index contributed by atoms with van der Waals surface area (Å²) in [5, 5.41) is 12.3. The molecule has 2 aliphatic rings. The molecular weight excluding hydrogens is 519 g/mol. The van der Waals surface area contributed by atoms with Crippen LogP contribution in [0, 0.1) is 5.82 Å². The monoisotopic (exact) mass is 544 g/mol. The molecule has 0 saturated carbocycles. The molecule has 0 spiro atoms. The maximum atomic E-state index is 13.6. The number of benzene rings is 2. The third-order valence-electron chi connectivity index (χ3n) is 6.83. The summed E-state index contributed by atoms with van der Waals surface area (Å²) in [4.78, 5) is 22.5. The van der Waals surface area contributed by atoms with Crippen molar-refractivity contribution >= 4 is 44.9 Å². The molecule has 194 valence electrons. The maximum absolute atomic E-state index is 13.6. The van der Waals surface area contributed by atoms with Gasteiger partial charge < -0.3 is 15.3 Å². The van der Waals surface area contributed by atoms with Crippen molar-refractivity contribution in [2.45, 2.75) is 42.9 Å². The average molecular weight is 545 g/mol. The Hall–Kier alpha value is -3.24. The van der Waals surface area contributed by atoms with E-state index in [1.54, 1.807) is 36.4 Å².